The van der Waals surface area contributed by atoms with Crippen LogP contribution in [0.2, 0.25) is 0 Å². The summed E-state index contributed by atoms with van der Waals surface area (Å²) in [7, 11) is 0. The number of imidazole rings is 1. The summed E-state index contributed by atoms with van der Waals surface area (Å²) in [5, 5.41) is 13.8. The van der Waals surface area contributed by atoms with Crippen LogP contribution in [0.3, 0.4) is 0 Å². The number of hydrogen-bond acceptors (Lipinski definition) is 7. The van der Waals surface area contributed by atoms with Crippen molar-refractivity contribution in [1.82, 2.24) is 9.97 Å². The Morgan fingerprint density at radius 2 is 1.46 bits per heavy atom. The molecule has 4 aromatic rings. The zero-order chi connectivity index (χ0) is 24.9. The van der Waals surface area contributed by atoms with Crippen LogP contribution < -0.4 is 22.1 Å². The maximum absolute atomic E-state index is 12.6. The summed E-state index contributed by atoms with van der Waals surface area (Å²) < 4.78 is 0. The molecular weight excluding hydrogens is 450 g/mol. The molecule has 6 N–H and O–H groups in total. The molecule has 11 heteroatoms. The first-order chi connectivity index (χ1) is 16.8. The number of azo groups is 1. The van der Waals surface area contributed by atoms with Gasteiger partial charge in [-0.2, -0.15) is 10.2 Å². The Labute approximate surface area is 198 Å². The van der Waals surface area contributed by atoms with Gasteiger partial charge in [0.15, 0.2) is 5.78 Å². The fourth-order valence-electron chi connectivity index (χ4n) is 3.26. The number of amides is 2. The first kappa shape index (κ1) is 23.1. The molecule has 1 heterocycles. The number of ketones is 1. The molecule has 0 bridgehead atoms. The molecule has 0 spiro atoms. The Bertz CT molecular complexity index is 1490. The molecule has 0 aliphatic heterocycles. The van der Waals surface area contributed by atoms with Crippen molar-refractivity contribution >= 4 is 51.4 Å². The van der Waals surface area contributed by atoms with Gasteiger partial charge in [-0.25, -0.2) is 4.79 Å². The van der Waals surface area contributed by atoms with Gasteiger partial charge in [0.2, 0.25) is 11.9 Å². The van der Waals surface area contributed by atoms with E-state index in [9.17, 15) is 19.2 Å². The van der Waals surface area contributed by atoms with Gasteiger partial charge in [-0.05, 0) is 73.7 Å². The number of benzene rings is 3. The Hall–Kier alpha value is -5.06. The molecule has 0 radical (unpaired) electrons. The molecule has 0 aliphatic carbocycles. The monoisotopic (exact) mass is 471 g/mol. The molecule has 0 saturated carbocycles. The van der Waals surface area contributed by atoms with Crippen LogP contribution in [0.5, 0.6) is 0 Å². The summed E-state index contributed by atoms with van der Waals surface area (Å²) in [4.78, 5) is 52.4. The summed E-state index contributed by atoms with van der Waals surface area (Å²) in [5.41, 5.74) is 8.78. The predicted molar refractivity (Wildman–Crippen MR) is 131 cm³/mol. The summed E-state index contributed by atoms with van der Waals surface area (Å²) >= 11 is 0. The number of nitrogens with two attached hydrogens (primary N) is 1. The van der Waals surface area contributed by atoms with Crippen molar-refractivity contribution < 1.29 is 14.4 Å². The van der Waals surface area contributed by atoms with Gasteiger partial charge < -0.3 is 26.3 Å². The number of hydrogen-bond donors (Lipinski definition) is 5. The summed E-state index contributed by atoms with van der Waals surface area (Å²) in [6.45, 7) is 1.26. The van der Waals surface area contributed by atoms with Crippen LogP contribution in [-0.4, -0.2) is 33.6 Å². The minimum atomic E-state index is -1.34. The van der Waals surface area contributed by atoms with E-state index < -0.39 is 23.6 Å². The summed E-state index contributed by atoms with van der Waals surface area (Å²) in [6, 6.07) is 17.0. The van der Waals surface area contributed by atoms with Gasteiger partial charge in [0, 0.05) is 22.6 Å². The lowest BCUT2D eigenvalue weighted by Gasteiger charge is -2.10. The Morgan fingerprint density at radius 3 is 2.09 bits per heavy atom. The molecule has 176 valence electrons. The Balaban J connectivity index is 1.41. The second-order valence-corrected chi connectivity index (χ2v) is 7.67. The molecular formula is C24H21N7O4. The predicted octanol–water partition coefficient (Wildman–Crippen LogP) is 3.38. The summed E-state index contributed by atoms with van der Waals surface area (Å²) in [5.74, 6) is -1.61. The van der Waals surface area contributed by atoms with E-state index in [-0.39, 0.29) is 5.69 Å². The lowest BCUT2D eigenvalue weighted by atomic mass is 10.2. The van der Waals surface area contributed by atoms with E-state index in [4.69, 9.17) is 5.73 Å². The van der Waals surface area contributed by atoms with E-state index in [0.717, 1.165) is 11.4 Å². The minimum Gasteiger partial charge on any atom is -0.366 e. The second kappa shape index (κ2) is 9.83. The van der Waals surface area contributed by atoms with Crippen LogP contribution in [0.4, 0.5) is 22.7 Å². The van der Waals surface area contributed by atoms with Crippen LogP contribution in [-0.2, 0) is 9.59 Å². The largest absolute Gasteiger partial charge is 0.366 e. The molecule has 35 heavy (non-hydrogen) atoms. The number of Topliss-reactive ketones (excluding diaryl/α,β-unsaturated/α-hetero) is 1. The van der Waals surface area contributed by atoms with Gasteiger partial charge in [0.25, 0.3) is 5.91 Å². The van der Waals surface area contributed by atoms with Crippen LogP contribution in [0.15, 0.2) is 81.8 Å². The van der Waals surface area contributed by atoms with Crippen molar-refractivity contribution in [2.45, 2.75) is 13.0 Å². The zero-order valence-corrected chi connectivity index (χ0v) is 18.5. The Morgan fingerprint density at radius 1 is 0.857 bits per heavy atom. The molecule has 0 fully saturated rings. The normalized spacial score (nSPS) is 11.9. The van der Waals surface area contributed by atoms with E-state index in [0.29, 0.717) is 28.0 Å². The van der Waals surface area contributed by atoms with Crippen LogP contribution in [0, 0.1) is 0 Å². The van der Waals surface area contributed by atoms with Gasteiger partial charge in [0.05, 0.1) is 16.7 Å². The molecule has 2 amide bonds. The highest BCUT2D eigenvalue weighted by Crippen LogP contribution is 2.22. The molecule has 0 aliphatic rings. The van der Waals surface area contributed by atoms with E-state index in [1.165, 1.54) is 6.92 Å². The average Bonchev–Trinajstić information content (AvgIpc) is 3.19. The molecule has 11 nitrogen and oxygen atoms in total. The summed E-state index contributed by atoms with van der Waals surface area (Å²) in [6.07, 6.45) is 0. The van der Waals surface area contributed by atoms with Gasteiger partial charge in [0.1, 0.15) is 0 Å². The van der Waals surface area contributed by atoms with Gasteiger partial charge in [-0.15, -0.1) is 0 Å². The number of nitrogens with one attached hydrogen (secondary N) is 4. The number of anilines is 3. The van der Waals surface area contributed by atoms with E-state index in [1.54, 1.807) is 66.7 Å². The van der Waals surface area contributed by atoms with Crippen molar-refractivity contribution in [3.63, 3.8) is 0 Å². The third-order valence-corrected chi connectivity index (χ3v) is 5.03. The molecule has 1 atom stereocenters. The number of primary amides is 1. The van der Waals surface area contributed by atoms with Crippen molar-refractivity contribution in [2.24, 2.45) is 16.0 Å². The van der Waals surface area contributed by atoms with Gasteiger partial charge >= 0.3 is 5.69 Å². The highest BCUT2D eigenvalue weighted by atomic mass is 16.2. The lowest BCUT2D eigenvalue weighted by molar-refractivity contribution is -0.126. The maximum Gasteiger partial charge on any atom is 0.323 e. The number of H-pyrrole nitrogens is 2. The number of rotatable bonds is 8. The SMILES string of the molecule is CC(=O)C(N=Nc1ccc(Nc2ccc(C(N)=O)cc2)cc1)C(=O)Nc1ccc2[nH]c(=O)[nH]c2c1. The molecule has 0 saturated heterocycles. The third kappa shape index (κ3) is 5.66. The smallest absolute Gasteiger partial charge is 0.323 e. The standard InChI is InChI=1S/C24H21N7O4/c1-13(32)21(23(34)27-18-10-11-19-20(12-18)29-24(35)28-19)31-30-17-8-6-16(7-9-17)26-15-4-2-14(3-5-15)22(25)33/h2-12,21,26H,1H3,(H2,25,33)(H,27,34)(H2,28,29,35). The number of fused-ring (bicyclic) bond motifs is 1. The van der Waals surface area contributed by atoms with Crippen molar-refractivity contribution in [2.75, 3.05) is 10.6 Å². The fourth-order valence-corrected chi connectivity index (χ4v) is 3.26. The van der Waals surface area contributed by atoms with Crippen molar-refractivity contribution in [3.8, 4) is 0 Å². The highest BCUT2D eigenvalue weighted by Gasteiger charge is 2.23. The fraction of sp³-hybridized carbons (Fsp3) is 0.0833. The third-order valence-electron chi connectivity index (χ3n) is 5.03. The van der Waals surface area contributed by atoms with Crippen LogP contribution >= 0.6 is 0 Å². The first-order valence-electron chi connectivity index (χ1n) is 10.5. The van der Waals surface area contributed by atoms with E-state index in [2.05, 4.69) is 30.8 Å². The molecule has 3 aromatic carbocycles. The number of aromatic amines is 2. The number of carbonyl (C=O) groups is 3. The minimum absolute atomic E-state index is 0.360. The first-order valence-corrected chi connectivity index (χ1v) is 10.5. The van der Waals surface area contributed by atoms with Crippen LogP contribution in [0.1, 0.15) is 17.3 Å². The molecule has 1 aromatic heterocycles. The number of nitrogens with zero attached hydrogens (tertiary/aromatic N) is 2. The maximum atomic E-state index is 12.6. The molecule has 1 unspecified atom stereocenters. The average molecular weight is 471 g/mol. The Kier molecular flexibility index (Phi) is 6.49. The highest BCUT2D eigenvalue weighted by molar-refractivity contribution is 6.10. The van der Waals surface area contributed by atoms with E-state index in [1.807, 2.05) is 0 Å². The van der Waals surface area contributed by atoms with Gasteiger partial charge in [-0.3, -0.25) is 14.4 Å². The number of aromatic nitrogens is 2. The van der Waals surface area contributed by atoms with Gasteiger partial charge in [-0.1, -0.05) is 0 Å². The van der Waals surface area contributed by atoms with Crippen LogP contribution in [0.25, 0.3) is 11.0 Å². The topological polar surface area (TPSA) is 175 Å². The quantitative estimate of drug-likeness (QED) is 0.195. The second-order valence-electron chi connectivity index (χ2n) is 7.67. The zero-order valence-electron chi connectivity index (χ0n) is 18.5. The molecule has 4 rings (SSSR count). The van der Waals surface area contributed by atoms with Crippen molar-refractivity contribution in [1.29, 1.82) is 0 Å². The van der Waals surface area contributed by atoms with Crippen molar-refractivity contribution in [3.05, 3.63) is 82.8 Å². The van der Waals surface area contributed by atoms with E-state index >= 15 is 0 Å². The number of carbonyl (C=O) groups excluding carboxylic acids is 3. The lowest BCUT2D eigenvalue weighted by Crippen LogP contribution is -2.31.